The lowest BCUT2D eigenvalue weighted by Crippen LogP contribution is -2.04. The van der Waals surface area contributed by atoms with Gasteiger partial charge in [-0.2, -0.15) is 5.10 Å². The van der Waals surface area contributed by atoms with Crippen LogP contribution in [0, 0.1) is 0 Å². The van der Waals surface area contributed by atoms with Crippen molar-refractivity contribution in [1.29, 1.82) is 0 Å². The van der Waals surface area contributed by atoms with Gasteiger partial charge < -0.3 is 0 Å². The lowest BCUT2D eigenvalue weighted by atomic mass is 10.1. The lowest BCUT2D eigenvalue weighted by molar-refractivity contribution is 0.0993. The molecule has 2 heterocycles. The average Bonchev–Trinajstić information content (AvgIpc) is 2.84. The number of aryl methyl sites for hydroxylation is 2. The van der Waals surface area contributed by atoms with Gasteiger partial charge in [0, 0.05) is 24.5 Å². The van der Waals surface area contributed by atoms with Crippen LogP contribution >= 0.6 is 22.9 Å². The Balaban J connectivity index is 2.19. The average molecular weight is 269 g/mol. The minimum Gasteiger partial charge on any atom is -0.294 e. The highest BCUT2D eigenvalue weighted by Crippen LogP contribution is 2.23. The summed E-state index contributed by atoms with van der Waals surface area (Å²) in [6, 6.07) is 3.71. The highest BCUT2D eigenvalue weighted by atomic mass is 35.5. The number of halogens is 1. The fourth-order valence-corrected chi connectivity index (χ4v) is 2.81. The van der Waals surface area contributed by atoms with Crippen LogP contribution in [0.15, 0.2) is 18.3 Å². The first-order valence-electron chi connectivity index (χ1n) is 5.40. The Labute approximate surface area is 109 Å². The first kappa shape index (κ1) is 12.3. The fraction of sp³-hybridized carbons (Fsp3) is 0.333. The number of hydrogen-bond acceptors (Lipinski definition) is 3. The molecule has 17 heavy (non-hydrogen) atoms. The van der Waals surface area contributed by atoms with Crippen LogP contribution in [0.5, 0.6) is 0 Å². The van der Waals surface area contributed by atoms with Gasteiger partial charge in [0.05, 0.1) is 15.6 Å². The number of nitrogens with zero attached hydrogens (tertiary/aromatic N) is 2. The molecule has 0 aliphatic rings. The van der Waals surface area contributed by atoms with Crippen LogP contribution in [0.3, 0.4) is 0 Å². The van der Waals surface area contributed by atoms with Crippen LogP contribution in [0.2, 0.25) is 4.34 Å². The summed E-state index contributed by atoms with van der Waals surface area (Å²) in [6.07, 6.45) is 2.96. The lowest BCUT2D eigenvalue weighted by Gasteiger charge is -1.97. The molecule has 5 heteroatoms. The Morgan fingerprint density at radius 2 is 2.29 bits per heavy atom. The smallest absolute Gasteiger partial charge is 0.171 e. The summed E-state index contributed by atoms with van der Waals surface area (Å²) in [4.78, 5) is 13.1. The molecule has 0 aliphatic carbocycles. The molecule has 0 atom stereocenters. The zero-order valence-corrected chi connectivity index (χ0v) is 11.3. The topological polar surface area (TPSA) is 34.9 Å². The predicted molar refractivity (Wildman–Crippen MR) is 69.9 cm³/mol. The van der Waals surface area contributed by atoms with E-state index in [4.69, 9.17) is 11.6 Å². The second-order valence-corrected chi connectivity index (χ2v) is 5.62. The third-order valence-corrected chi connectivity index (χ3v) is 3.74. The summed E-state index contributed by atoms with van der Waals surface area (Å²) in [6.45, 7) is 2.00. The Hall–Kier alpha value is -1.13. The number of thiophene rings is 1. The van der Waals surface area contributed by atoms with Crippen molar-refractivity contribution in [3.05, 3.63) is 38.8 Å². The van der Waals surface area contributed by atoms with Crippen molar-refractivity contribution in [2.45, 2.75) is 19.8 Å². The molecule has 2 aromatic heterocycles. The van der Waals surface area contributed by atoms with Gasteiger partial charge in [-0.05, 0) is 18.6 Å². The minimum atomic E-state index is 0.105. The molecular weight excluding hydrogens is 256 g/mol. The van der Waals surface area contributed by atoms with Crippen molar-refractivity contribution < 1.29 is 4.79 Å². The summed E-state index contributed by atoms with van der Waals surface area (Å²) >= 11 is 7.29. The van der Waals surface area contributed by atoms with Crippen molar-refractivity contribution in [3.8, 4) is 0 Å². The maximum Gasteiger partial charge on any atom is 0.171 e. The maximum absolute atomic E-state index is 12.1. The highest BCUT2D eigenvalue weighted by molar-refractivity contribution is 7.16. The van der Waals surface area contributed by atoms with E-state index in [1.807, 2.05) is 26.1 Å². The third-order valence-electron chi connectivity index (χ3n) is 2.50. The van der Waals surface area contributed by atoms with Crippen LogP contribution in [-0.2, 0) is 19.9 Å². The molecule has 0 aliphatic heterocycles. The van der Waals surface area contributed by atoms with Crippen LogP contribution in [0.4, 0.5) is 0 Å². The normalized spacial score (nSPS) is 10.8. The molecule has 90 valence electrons. The highest BCUT2D eigenvalue weighted by Gasteiger charge is 2.15. The summed E-state index contributed by atoms with van der Waals surface area (Å²) in [7, 11) is 1.83. The van der Waals surface area contributed by atoms with E-state index >= 15 is 0 Å². The van der Waals surface area contributed by atoms with Crippen LogP contribution < -0.4 is 0 Å². The van der Waals surface area contributed by atoms with Gasteiger partial charge in [-0.25, -0.2) is 0 Å². The first-order chi connectivity index (χ1) is 8.10. The molecule has 2 aromatic rings. The summed E-state index contributed by atoms with van der Waals surface area (Å²) in [5.41, 5.74) is 1.58. The molecule has 0 unspecified atom stereocenters. The van der Waals surface area contributed by atoms with Gasteiger partial charge >= 0.3 is 0 Å². The van der Waals surface area contributed by atoms with E-state index in [2.05, 4.69) is 5.10 Å². The summed E-state index contributed by atoms with van der Waals surface area (Å²) in [5, 5.41) is 4.27. The Bertz CT molecular complexity index is 544. The van der Waals surface area contributed by atoms with Crippen molar-refractivity contribution in [3.63, 3.8) is 0 Å². The number of carbonyl (C=O) groups excluding carboxylic acids is 1. The Morgan fingerprint density at radius 3 is 2.88 bits per heavy atom. The zero-order valence-electron chi connectivity index (χ0n) is 9.74. The van der Waals surface area contributed by atoms with Gasteiger partial charge in [0.2, 0.25) is 0 Å². The predicted octanol–water partition coefficient (Wildman–Crippen LogP) is 3.12. The first-order valence-corrected chi connectivity index (χ1v) is 6.59. The van der Waals surface area contributed by atoms with Crippen molar-refractivity contribution in [1.82, 2.24) is 9.78 Å². The van der Waals surface area contributed by atoms with Gasteiger partial charge in [-0.1, -0.05) is 18.5 Å². The monoisotopic (exact) mass is 268 g/mol. The van der Waals surface area contributed by atoms with Crippen LogP contribution in [0.1, 0.15) is 27.9 Å². The minimum absolute atomic E-state index is 0.105. The molecule has 0 bridgehead atoms. The quantitative estimate of drug-likeness (QED) is 0.799. The van der Waals surface area contributed by atoms with Crippen molar-refractivity contribution >= 4 is 28.7 Å². The molecule has 2 rings (SSSR count). The van der Waals surface area contributed by atoms with Crippen molar-refractivity contribution in [2.24, 2.45) is 7.05 Å². The molecule has 0 fully saturated rings. The molecule has 0 amide bonds. The Morgan fingerprint density at radius 1 is 1.53 bits per heavy atom. The van der Waals surface area contributed by atoms with E-state index < -0.39 is 0 Å². The van der Waals surface area contributed by atoms with Gasteiger partial charge in [0.25, 0.3) is 0 Å². The van der Waals surface area contributed by atoms with E-state index in [-0.39, 0.29) is 5.78 Å². The van der Waals surface area contributed by atoms with E-state index in [0.717, 1.165) is 26.9 Å². The van der Waals surface area contributed by atoms with E-state index in [1.165, 1.54) is 11.3 Å². The van der Waals surface area contributed by atoms with Gasteiger partial charge in [0.1, 0.15) is 0 Å². The van der Waals surface area contributed by atoms with E-state index in [1.54, 1.807) is 10.9 Å². The van der Waals surface area contributed by atoms with Gasteiger partial charge in [0.15, 0.2) is 5.78 Å². The summed E-state index contributed by atoms with van der Waals surface area (Å²) in [5.74, 6) is 0.105. The second kappa shape index (κ2) is 5.02. The molecule has 0 radical (unpaired) electrons. The maximum atomic E-state index is 12.1. The number of ketones is 1. The number of rotatable bonds is 4. The van der Waals surface area contributed by atoms with Crippen molar-refractivity contribution in [2.75, 3.05) is 0 Å². The zero-order chi connectivity index (χ0) is 12.4. The molecule has 0 spiro atoms. The molecule has 0 aromatic carbocycles. The second-order valence-electron chi connectivity index (χ2n) is 3.82. The van der Waals surface area contributed by atoms with Gasteiger partial charge in [-0.3, -0.25) is 9.48 Å². The Kier molecular flexibility index (Phi) is 3.64. The SMILES string of the molecule is CCc1nn(C)cc1C(=O)Cc1ccc(Cl)s1. The van der Waals surface area contributed by atoms with Crippen LogP contribution in [0.25, 0.3) is 0 Å². The fourth-order valence-electron chi connectivity index (χ4n) is 1.73. The molecular formula is C12H13ClN2OS. The molecule has 0 saturated heterocycles. The molecule has 0 N–H and O–H groups in total. The third kappa shape index (κ3) is 2.76. The van der Waals surface area contributed by atoms with E-state index in [9.17, 15) is 4.79 Å². The number of Topliss-reactive ketones (excluding diaryl/α,β-unsaturated/α-hetero) is 1. The number of hydrogen-bond donors (Lipinski definition) is 0. The standard InChI is InChI=1S/C12H13ClN2OS/c1-3-10-9(7-15(2)14-10)11(16)6-8-4-5-12(13)17-8/h4-5,7H,3,6H2,1-2H3. The number of carbonyl (C=O) groups is 1. The van der Waals surface area contributed by atoms with E-state index in [0.29, 0.717) is 6.42 Å². The van der Waals surface area contributed by atoms with Crippen LogP contribution in [-0.4, -0.2) is 15.6 Å². The van der Waals surface area contributed by atoms with Gasteiger partial charge in [-0.15, -0.1) is 11.3 Å². The summed E-state index contributed by atoms with van der Waals surface area (Å²) < 4.78 is 2.41. The molecule has 3 nitrogen and oxygen atoms in total. The largest absolute Gasteiger partial charge is 0.294 e. The molecule has 0 saturated carbocycles. The number of aromatic nitrogens is 2.